The van der Waals surface area contributed by atoms with Gasteiger partial charge in [0.1, 0.15) is 0 Å². The van der Waals surface area contributed by atoms with Gasteiger partial charge in [-0.15, -0.1) is 0 Å². The van der Waals surface area contributed by atoms with Crippen LogP contribution >= 0.6 is 0 Å². The molecule has 0 spiro atoms. The standard InChI is InChI=1S/C11H21NO3/c1-3-9(4-2)7-10(12-8-13)5-6-11(14)15/h8-10H,3-7H2,1-2H3,(H,12,13)(H,14,15). The van der Waals surface area contributed by atoms with Gasteiger partial charge in [0.15, 0.2) is 0 Å². The van der Waals surface area contributed by atoms with Crippen molar-refractivity contribution in [1.82, 2.24) is 5.32 Å². The average molecular weight is 215 g/mol. The normalized spacial score (nSPS) is 12.5. The van der Waals surface area contributed by atoms with Gasteiger partial charge in [-0.3, -0.25) is 9.59 Å². The second-order valence-corrected chi connectivity index (χ2v) is 3.83. The molecule has 0 aromatic carbocycles. The van der Waals surface area contributed by atoms with Crippen LogP contribution in [0.1, 0.15) is 46.0 Å². The molecular formula is C11H21NO3. The summed E-state index contributed by atoms with van der Waals surface area (Å²) in [6, 6.07) is 0.00324. The van der Waals surface area contributed by atoms with Crippen LogP contribution in [0.3, 0.4) is 0 Å². The topological polar surface area (TPSA) is 66.4 Å². The highest BCUT2D eigenvalue weighted by atomic mass is 16.4. The second-order valence-electron chi connectivity index (χ2n) is 3.83. The molecule has 1 unspecified atom stereocenters. The highest BCUT2D eigenvalue weighted by molar-refractivity contribution is 5.66. The zero-order valence-corrected chi connectivity index (χ0v) is 9.53. The summed E-state index contributed by atoms with van der Waals surface area (Å²) < 4.78 is 0. The molecule has 0 rings (SSSR count). The molecule has 88 valence electrons. The first-order chi connectivity index (χ1) is 7.13. The molecule has 0 bridgehead atoms. The van der Waals surface area contributed by atoms with Crippen molar-refractivity contribution < 1.29 is 14.7 Å². The number of nitrogens with one attached hydrogen (secondary N) is 1. The van der Waals surface area contributed by atoms with Gasteiger partial charge < -0.3 is 10.4 Å². The second kappa shape index (κ2) is 8.26. The van der Waals surface area contributed by atoms with Crippen LogP contribution in [-0.2, 0) is 9.59 Å². The Bertz CT molecular complexity index is 190. The number of carboxylic acid groups (broad SMARTS) is 1. The Kier molecular flexibility index (Phi) is 7.68. The van der Waals surface area contributed by atoms with Gasteiger partial charge in [0.2, 0.25) is 6.41 Å². The fourth-order valence-corrected chi connectivity index (χ4v) is 1.69. The molecule has 0 aliphatic heterocycles. The van der Waals surface area contributed by atoms with E-state index in [0.29, 0.717) is 18.7 Å². The van der Waals surface area contributed by atoms with Crippen molar-refractivity contribution in [3.63, 3.8) is 0 Å². The van der Waals surface area contributed by atoms with Gasteiger partial charge in [-0.25, -0.2) is 0 Å². The first-order valence-electron chi connectivity index (χ1n) is 5.55. The zero-order valence-electron chi connectivity index (χ0n) is 9.53. The number of carboxylic acids is 1. The molecule has 0 aromatic heterocycles. The first kappa shape index (κ1) is 13.9. The zero-order chi connectivity index (χ0) is 11.7. The number of hydrogen-bond acceptors (Lipinski definition) is 2. The number of amides is 1. The van der Waals surface area contributed by atoms with Crippen LogP contribution in [-0.4, -0.2) is 23.5 Å². The lowest BCUT2D eigenvalue weighted by atomic mass is 9.93. The summed E-state index contributed by atoms with van der Waals surface area (Å²) >= 11 is 0. The number of rotatable bonds is 9. The molecule has 1 atom stereocenters. The summed E-state index contributed by atoms with van der Waals surface area (Å²) in [5.74, 6) is -0.242. The van der Waals surface area contributed by atoms with Gasteiger partial charge in [0.25, 0.3) is 0 Å². The SMILES string of the molecule is CCC(CC)CC(CCC(=O)O)NC=O. The monoisotopic (exact) mass is 215 g/mol. The van der Waals surface area contributed by atoms with Crippen molar-refractivity contribution in [1.29, 1.82) is 0 Å². The number of hydrogen-bond donors (Lipinski definition) is 2. The van der Waals surface area contributed by atoms with Crippen LogP contribution in [0, 0.1) is 5.92 Å². The van der Waals surface area contributed by atoms with Gasteiger partial charge in [-0.1, -0.05) is 26.7 Å². The van der Waals surface area contributed by atoms with Gasteiger partial charge in [0, 0.05) is 12.5 Å². The largest absolute Gasteiger partial charge is 0.481 e. The lowest BCUT2D eigenvalue weighted by Crippen LogP contribution is -2.30. The third-order valence-electron chi connectivity index (χ3n) is 2.78. The van der Waals surface area contributed by atoms with E-state index >= 15 is 0 Å². The minimum absolute atomic E-state index is 0.00324. The first-order valence-corrected chi connectivity index (χ1v) is 5.55. The highest BCUT2D eigenvalue weighted by Gasteiger charge is 2.14. The quantitative estimate of drug-likeness (QED) is 0.576. The van der Waals surface area contributed by atoms with Gasteiger partial charge >= 0.3 is 5.97 Å². The van der Waals surface area contributed by atoms with Crippen molar-refractivity contribution in [3.8, 4) is 0 Å². The Morgan fingerprint density at radius 2 is 2.00 bits per heavy atom. The van der Waals surface area contributed by atoms with E-state index in [-0.39, 0.29) is 12.5 Å². The molecular weight excluding hydrogens is 194 g/mol. The van der Waals surface area contributed by atoms with Crippen LogP contribution in [0.15, 0.2) is 0 Å². The third kappa shape index (κ3) is 6.94. The molecule has 0 heterocycles. The van der Waals surface area contributed by atoms with E-state index in [0.717, 1.165) is 19.3 Å². The predicted octanol–water partition coefficient (Wildman–Crippen LogP) is 1.79. The van der Waals surface area contributed by atoms with Crippen molar-refractivity contribution in [2.75, 3.05) is 0 Å². The molecule has 0 fully saturated rings. The van der Waals surface area contributed by atoms with Crippen LogP contribution in [0.5, 0.6) is 0 Å². The Hall–Kier alpha value is -1.06. The highest BCUT2D eigenvalue weighted by Crippen LogP contribution is 2.17. The summed E-state index contributed by atoms with van der Waals surface area (Å²) in [5, 5.41) is 11.3. The van der Waals surface area contributed by atoms with Crippen LogP contribution in [0.25, 0.3) is 0 Å². The minimum Gasteiger partial charge on any atom is -0.481 e. The van der Waals surface area contributed by atoms with Crippen LogP contribution < -0.4 is 5.32 Å². The van der Waals surface area contributed by atoms with Gasteiger partial charge in [0.05, 0.1) is 0 Å². The summed E-state index contributed by atoms with van der Waals surface area (Å²) in [4.78, 5) is 20.8. The lowest BCUT2D eigenvalue weighted by molar-refractivity contribution is -0.137. The molecule has 1 amide bonds. The van der Waals surface area contributed by atoms with Crippen molar-refractivity contribution in [2.24, 2.45) is 5.92 Å². The molecule has 0 saturated heterocycles. The molecule has 0 saturated carbocycles. The van der Waals surface area contributed by atoms with E-state index in [1.807, 2.05) is 0 Å². The maximum absolute atomic E-state index is 10.4. The van der Waals surface area contributed by atoms with Crippen molar-refractivity contribution in [2.45, 2.75) is 52.0 Å². The van der Waals surface area contributed by atoms with Gasteiger partial charge in [-0.2, -0.15) is 0 Å². The number of aliphatic carboxylic acids is 1. The maximum Gasteiger partial charge on any atom is 0.303 e. The average Bonchev–Trinajstić information content (AvgIpc) is 2.22. The number of carbonyl (C=O) groups is 2. The molecule has 2 N–H and O–H groups in total. The van der Waals surface area contributed by atoms with E-state index in [1.165, 1.54) is 0 Å². The van der Waals surface area contributed by atoms with E-state index in [9.17, 15) is 9.59 Å². The summed E-state index contributed by atoms with van der Waals surface area (Å²) in [7, 11) is 0. The van der Waals surface area contributed by atoms with Crippen molar-refractivity contribution >= 4 is 12.4 Å². The van der Waals surface area contributed by atoms with E-state index in [4.69, 9.17) is 5.11 Å². The predicted molar refractivity (Wildman–Crippen MR) is 58.5 cm³/mol. The van der Waals surface area contributed by atoms with Crippen LogP contribution in [0.2, 0.25) is 0 Å². The fourth-order valence-electron chi connectivity index (χ4n) is 1.69. The van der Waals surface area contributed by atoms with Crippen molar-refractivity contribution in [3.05, 3.63) is 0 Å². The molecule has 0 radical (unpaired) electrons. The minimum atomic E-state index is -0.808. The Morgan fingerprint density at radius 3 is 2.40 bits per heavy atom. The molecule has 15 heavy (non-hydrogen) atoms. The molecule has 0 aliphatic carbocycles. The summed E-state index contributed by atoms with van der Waals surface area (Å²) in [5.41, 5.74) is 0. The molecule has 4 nitrogen and oxygen atoms in total. The van der Waals surface area contributed by atoms with Crippen LogP contribution in [0.4, 0.5) is 0 Å². The molecule has 4 heteroatoms. The summed E-state index contributed by atoms with van der Waals surface area (Å²) in [6.45, 7) is 4.23. The van der Waals surface area contributed by atoms with E-state index in [1.54, 1.807) is 0 Å². The molecule has 0 aromatic rings. The Balaban J connectivity index is 4.00. The maximum atomic E-state index is 10.4. The van der Waals surface area contributed by atoms with E-state index in [2.05, 4.69) is 19.2 Å². The Morgan fingerprint density at radius 1 is 1.40 bits per heavy atom. The summed E-state index contributed by atoms with van der Waals surface area (Å²) in [6.07, 6.45) is 4.31. The smallest absolute Gasteiger partial charge is 0.303 e. The lowest BCUT2D eigenvalue weighted by Gasteiger charge is -2.20. The van der Waals surface area contributed by atoms with E-state index < -0.39 is 5.97 Å². The molecule has 0 aliphatic rings. The fraction of sp³-hybridized carbons (Fsp3) is 0.818. The third-order valence-corrected chi connectivity index (χ3v) is 2.78. The Labute approximate surface area is 91.1 Å². The number of carbonyl (C=O) groups excluding carboxylic acids is 1. The van der Waals surface area contributed by atoms with Gasteiger partial charge in [-0.05, 0) is 18.8 Å².